The van der Waals surface area contributed by atoms with Gasteiger partial charge in [-0.25, -0.2) is 0 Å². The van der Waals surface area contributed by atoms with Crippen LogP contribution in [0.2, 0.25) is 0 Å². The van der Waals surface area contributed by atoms with E-state index in [0.717, 1.165) is 0 Å². The van der Waals surface area contributed by atoms with Gasteiger partial charge in [-0.3, -0.25) is 0 Å². The molecule has 2 unspecified atom stereocenters. The lowest BCUT2D eigenvalue weighted by atomic mass is 10.0. The standard InChI is InChI=1S/C10H12Br2O3/c11-4-3-9(14)10(15)6-1-2-8(13)7(12)5-6/h1-2,5,9-10,13-15H,3-4H2. The number of aromatic hydroxyl groups is 1. The van der Waals surface area contributed by atoms with Crippen LogP contribution >= 0.6 is 31.9 Å². The molecule has 0 amide bonds. The number of aliphatic hydroxyl groups is 2. The highest BCUT2D eigenvalue weighted by Gasteiger charge is 2.18. The van der Waals surface area contributed by atoms with Crippen molar-refractivity contribution < 1.29 is 15.3 Å². The first kappa shape index (κ1) is 13.0. The summed E-state index contributed by atoms with van der Waals surface area (Å²) in [5, 5.41) is 29.2. The molecule has 1 aromatic rings. The zero-order chi connectivity index (χ0) is 11.4. The Labute approximate surface area is 105 Å². The van der Waals surface area contributed by atoms with E-state index in [4.69, 9.17) is 0 Å². The Morgan fingerprint density at radius 3 is 2.47 bits per heavy atom. The topological polar surface area (TPSA) is 60.7 Å². The lowest BCUT2D eigenvalue weighted by Crippen LogP contribution is -2.18. The molecule has 0 aliphatic rings. The van der Waals surface area contributed by atoms with E-state index in [-0.39, 0.29) is 5.75 Å². The molecule has 0 bridgehead atoms. The number of hydrogen-bond donors (Lipinski definition) is 3. The van der Waals surface area contributed by atoms with Crippen LogP contribution in [-0.2, 0) is 0 Å². The number of alkyl halides is 1. The van der Waals surface area contributed by atoms with Crippen molar-refractivity contribution in [2.24, 2.45) is 0 Å². The minimum absolute atomic E-state index is 0.112. The molecule has 0 aliphatic carbocycles. The summed E-state index contributed by atoms with van der Waals surface area (Å²) < 4.78 is 0.505. The molecule has 2 atom stereocenters. The van der Waals surface area contributed by atoms with Gasteiger partial charge in [0, 0.05) is 5.33 Å². The molecule has 84 valence electrons. The highest BCUT2D eigenvalue weighted by Crippen LogP contribution is 2.28. The lowest BCUT2D eigenvalue weighted by molar-refractivity contribution is 0.0173. The van der Waals surface area contributed by atoms with Crippen LogP contribution in [0.25, 0.3) is 0 Å². The van der Waals surface area contributed by atoms with Crippen molar-refractivity contribution in [1.29, 1.82) is 0 Å². The molecule has 0 heterocycles. The third-order valence-corrected chi connectivity index (χ3v) is 3.18. The van der Waals surface area contributed by atoms with E-state index in [1.165, 1.54) is 6.07 Å². The van der Waals surface area contributed by atoms with Gasteiger partial charge in [0.25, 0.3) is 0 Å². The molecule has 3 N–H and O–H groups in total. The molecule has 0 radical (unpaired) electrons. The maximum Gasteiger partial charge on any atom is 0.129 e. The van der Waals surface area contributed by atoms with Gasteiger partial charge in [0.2, 0.25) is 0 Å². The molecular formula is C10H12Br2O3. The first-order valence-electron chi connectivity index (χ1n) is 4.46. The Kier molecular flexibility index (Phi) is 5.05. The Balaban J connectivity index is 2.81. The summed E-state index contributed by atoms with van der Waals surface area (Å²) in [5.74, 6) is 0.112. The highest BCUT2D eigenvalue weighted by atomic mass is 79.9. The summed E-state index contributed by atoms with van der Waals surface area (Å²) in [6, 6.07) is 4.66. The number of phenols is 1. The van der Waals surface area contributed by atoms with Crippen LogP contribution in [-0.4, -0.2) is 26.8 Å². The molecular weight excluding hydrogens is 328 g/mol. The summed E-state index contributed by atoms with van der Waals surface area (Å²) in [7, 11) is 0. The summed E-state index contributed by atoms with van der Waals surface area (Å²) >= 11 is 6.35. The largest absolute Gasteiger partial charge is 0.507 e. The number of rotatable bonds is 4. The average Bonchev–Trinajstić information content (AvgIpc) is 2.21. The second-order valence-electron chi connectivity index (χ2n) is 3.20. The molecule has 0 spiro atoms. The van der Waals surface area contributed by atoms with E-state index in [2.05, 4.69) is 31.9 Å². The van der Waals surface area contributed by atoms with Gasteiger partial charge in [-0.05, 0) is 40.0 Å². The van der Waals surface area contributed by atoms with E-state index in [1.807, 2.05) is 0 Å². The van der Waals surface area contributed by atoms with Crippen molar-refractivity contribution in [2.75, 3.05) is 5.33 Å². The van der Waals surface area contributed by atoms with E-state index in [9.17, 15) is 15.3 Å². The van der Waals surface area contributed by atoms with Crippen LogP contribution in [0.4, 0.5) is 0 Å². The van der Waals surface area contributed by atoms with E-state index in [0.29, 0.717) is 21.8 Å². The van der Waals surface area contributed by atoms with E-state index < -0.39 is 12.2 Å². The average molecular weight is 340 g/mol. The van der Waals surface area contributed by atoms with Crippen LogP contribution in [0.5, 0.6) is 5.75 Å². The van der Waals surface area contributed by atoms with Gasteiger partial charge in [0.1, 0.15) is 11.9 Å². The molecule has 5 heteroatoms. The zero-order valence-corrected chi connectivity index (χ0v) is 11.1. The number of halogens is 2. The van der Waals surface area contributed by atoms with Crippen LogP contribution in [0.3, 0.4) is 0 Å². The molecule has 0 saturated carbocycles. The zero-order valence-electron chi connectivity index (χ0n) is 7.90. The Bertz CT molecular complexity index is 330. The van der Waals surface area contributed by atoms with Crippen LogP contribution in [0.1, 0.15) is 18.1 Å². The Morgan fingerprint density at radius 1 is 1.27 bits per heavy atom. The molecule has 1 aromatic carbocycles. The first-order valence-corrected chi connectivity index (χ1v) is 6.38. The third kappa shape index (κ3) is 3.45. The second kappa shape index (κ2) is 5.84. The smallest absolute Gasteiger partial charge is 0.129 e. The Morgan fingerprint density at radius 2 is 1.93 bits per heavy atom. The summed E-state index contributed by atoms with van der Waals surface area (Å²) in [6.07, 6.45) is -1.26. The quantitative estimate of drug-likeness (QED) is 0.738. The predicted molar refractivity (Wildman–Crippen MR) is 65.2 cm³/mol. The number of hydrogen-bond acceptors (Lipinski definition) is 3. The number of phenolic OH excluding ortho intramolecular Hbond substituents is 1. The highest BCUT2D eigenvalue weighted by molar-refractivity contribution is 9.10. The molecule has 3 nitrogen and oxygen atoms in total. The normalized spacial score (nSPS) is 14.9. The molecule has 0 aromatic heterocycles. The number of benzene rings is 1. The first-order chi connectivity index (χ1) is 7.06. The fraction of sp³-hybridized carbons (Fsp3) is 0.400. The van der Waals surface area contributed by atoms with Gasteiger partial charge in [-0.2, -0.15) is 0 Å². The summed E-state index contributed by atoms with van der Waals surface area (Å²) in [6.45, 7) is 0. The second-order valence-corrected chi connectivity index (χ2v) is 4.85. The summed E-state index contributed by atoms with van der Waals surface area (Å²) in [4.78, 5) is 0. The lowest BCUT2D eigenvalue weighted by Gasteiger charge is -2.17. The van der Waals surface area contributed by atoms with Gasteiger partial charge in [-0.15, -0.1) is 0 Å². The van der Waals surface area contributed by atoms with Crippen LogP contribution < -0.4 is 0 Å². The van der Waals surface area contributed by atoms with Crippen molar-refractivity contribution in [1.82, 2.24) is 0 Å². The molecule has 0 aliphatic heterocycles. The van der Waals surface area contributed by atoms with Gasteiger partial charge in [-0.1, -0.05) is 22.0 Å². The van der Waals surface area contributed by atoms with Gasteiger partial charge in [0.05, 0.1) is 10.6 Å². The molecule has 1 rings (SSSR count). The van der Waals surface area contributed by atoms with Crippen LogP contribution in [0, 0.1) is 0 Å². The minimum Gasteiger partial charge on any atom is -0.507 e. The molecule has 0 saturated heterocycles. The van der Waals surface area contributed by atoms with Crippen molar-refractivity contribution in [3.8, 4) is 5.75 Å². The SMILES string of the molecule is Oc1ccc(C(O)C(O)CCBr)cc1Br. The van der Waals surface area contributed by atoms with Gasteiger partial charge < -0.3 is 15.3 Å². The van der Waals surface area contributed by atoms with Crippen LogP contribution in [0.15, 0.2) is 22.7 Å². The van der Waals surface area contributed by atoms with Gasteiger partial charge in [0.15, 0.2) is 0 Å². The fourth-order valence-electron chi connectivity index (χ4n) is 1.20. The van der Waals surface area contributed by atoms with Crippen molar-refractivity contribution in [3.05, 3.63) is 28.2 Å². The van der Waals surface area contributed by atoms with E-state index >= 15 is 0 Å². The minimum atomic E-state index is -0.931. The third-order valence-electron chi connectivity index (χ3n) is 2.08. The maximum absolute atomic E-state index is 9.76. The van der Waals surface area contributed by atoms with Crippen molar-refractivity contribution >= 4 is 31.9 Å². The predicted octanol–water partition coefficient (Wildman–Crippen LogP) is 2.33. The maximum atomic E-state index is 9.76. The summed E-state index contributed by atoms with van der Waals surface area (Å²) in [5.41, 5.74) is 0.577. The monoisotopic (exact) mass is 338 g/mol. The van der Waals surface area contributed by atoms with Crippen molar-refractivity contribution in [2.45, 2.75) is 18.6 Å². The Hall–Kier alpha value is -0.100. The number of aliphatic hydroxyl groups excluding tert-OH is 2. The van der Waals surface area contributed by atoms with Crippen molar-refractivity contribution in [3.63, 3.8) is 0 Å². The van der Waals surface area contributed by atoms with Gasteiger partial charge >= 0.3 is 0 Å². The van der Waals surface area contributed by atoms with E-state index in [1.54, 1.807) is 12.1 Å². The molecule has 0 fully saturated rings. The molecule has 15 heavy (non-hydrogen) atoms. The fourth-order valence-corrected chi connectivity index (χ4v) is 2.06.